The zero-order chi connectivity index (χ0) is 16.7. The minimum atomic E-state index is -3.66. The van der Waals surface area contributed by atoms with Gasteiger partial charge in [0.05, 0.1) is 17.4 Å². The summed E-state index contributed by atoms with van der Waals surface area (Å²) in [4.78, 5) is 24.2. The number of anilines is 1. The van der Waals surface area contributed by atoms with Gasteiger partial charge in [-0.3, -0.25) is 9.59 Å². The van der Waals surface area contributed by atoms with E-state index in [1.165, 1.54) is 12.1 Å². The van der Waals surface area contributed by atoms with Crippen LogP contribution in [0, 0.1) is 5.92 Å². The maximum atomic E-state index is 12.2. The van der Waals surface area contributed by atoms with Crippen LogP contribution in [0.5, 0.6) is 0 Å². The van der Waals surface area contributed by atoms with Crippen LogP contribution in [0.3, 0.4) is 0 Å². The molecule has 2 rings (SSSR count). The molecule has 0 aromatic heterocycles. The zero-order valence-electron chi connectivity index (χ0n) is 13.1. The van der Waals surface area contributed by atoms with Gasteiger partial charge in [-0.1, -0.05) is 13.0 Å². The van der Waals surface area contributed by atoms with Crippen LogP contribution in [-0.2, 0) is 14.8 Å². The second-order valence-electron chi connectivity index (χ2n) is 6.54. The number of benzene rings is 1. The van der Waals surface area contributed by atoms with E-state index in [1.807, 2.05) is 20.8 Å². The van der Waals surface area contributed by atoms with Crippen LogP contribution in [0.2, 0.25) is 0 Å². The molecule has 1 aromatic rings. The number of sulfonamides is 1. The molecule has 120 valence electrons. The van der Waals surface area contributed by atoms with Crippen molar-refractivity contribution in [3.8, 4) is 0 Å². The van der Waals surface area contributed by atoms with Gasteiger partial charge in [0.25, 0.3) is 5.91 Å². The van der Waals surface area contributed by atoms with Gasteiger partial charge in [0.1, 0.15) is 0 Å². The van der Waals surface area contributed by atoms with Crippen LogP contribution in [0.1, 0.15) is 38.1 Å². The Labute approximate surface area is 130 Å². The van der Waals surface area contributed by atoms with E-state index in [1.54, 1.807) is 19.1 Å². The average Bonchev–Trinajstić information content (AvgIpc) is 2.56. The first-order valence-corrected chi connectivity index (χ1v) is 8.61. The fourth-order valence-corrected chi connectivity index (χ4v) is 4.09. The van der Waals surface area contributed by atoms with Crippen LogP contribution < -0.4 is 9.62 Å². The van der Waals surface area contributed by atoms with Gasteiger partial charge in [0.2, 0.25) is 15.9 Å². The molecule has 1 fully saturated rings. The van der Waals surface area contributed by atoms with Gasteiger partial charge in [0.15, 0.2) is 0 Å². The molecule has 1 saturated heterocycles. The molecule has 1 atom stereocenters. The van der Waals surface area contributed by atoms with E-state index in [0.29, 0.717) is 5.56 Å². The molecule has 0 bridgehead atoms. The number of nitrogens with one attached hydrogen (secondary N) is 1. The van der Waals surface area contributed by atoms with Crippen molar-refractivity contribution in [2.24, 2.45) is 5.92 Å². The lowest BCUT2D eigenvalue weighted by molar-refractivity contribution is -0.119. The molecule has 0 aliphatic carbocycles. The summed E-state index contributed by atoms with van der Waals surface area (Å²) in [6, 6.07) is 6.09. The van der Waals surface area contributed by atoms with Gasteiger partial charge in [-0.15, -0.1) is 0 Å². The summed E-state index contributed by atoms with van der Waals surface area (Å²) in [5, 5.41) is 2.80. The first-order valence-electron chi connectivity index (χ1n) is 7.01. The molecular formula is C15H20N2O4S. The number of amides is 2. The molecule has 2 amide bonds. The first kappa shape index (κ1) is 16.5. The smallest absolute Gasteiger partial charge is 0.251 e. The average molecular weight is 324 g/mol. The van der Waals surface area contributed by atoms with E-state index < -0.39 is 27.4 Å². The van der Waals surface area contributed by atoms with Gasteiger partial charge in [0, 0.05) is 11.1 Å². The Hall–Kier alpha value is -1.89. The van der Waals surface area contributed by atoms with E-state index in [4.69, 9.17) is 0 Å². The minimum Gasteiger partial charge on any atom is -0.347 e. The molecule has 1 heterocycles. The minimum absolute atomic E-state index is 0.204. The lowest BCUT2D eigenvalue weighted by Gasteiger charge is -2.21. The number of hydrogen-bond acceptors (Lipinski definition) is 4. The summed E-state index contributed by atoms with van der Waals surface area (Å²) in [7, 11) is -3.66. The zero-order valence-corrected chi connectivity index (χ0v) is 13.9. The summed E-state index contributed by atoms with van der Waals surface area (Å²) in [5.74, 6) is -1.55. The fourth-order valence-electron chi connectivity index (χ4n) is 2.27. The highest BCUT2D eigenvalue weighted by Crippen LogP contribution is 2.28. The Morgan fingerprint density at radius 3 is 2.45 bits per heavy atom. The van der Waals surface area contributed by atoms with Gasteiger partial charge in [-0.05, 0) is 39.0 Å². The van der Waals surface area contributed by atoms with Crippen LogP contribution in [0.15, 0.2) is 24.3 Å². The van der Waals surface area contributed by atoms with Crippen molar-refractivity contribution in [1.82, 2.24) is 5.32 Å². The van der Waals surface area contributed by atoms with Crippen molar-refractivity contribution < 1.29 is 18.0 Å². The number of carbonyl (C=O) groups is 2. The van der Waals surface area contributed by atoms with Crippen LogP contribution >= 0.6 is 0 Å². The van der Waals surface area contributed by atoms with Gasteiger partial charge >= 0.3 is 0 Å². The van der Waals surface area contributed by atoms with Gasteiger partial charge in [-0.2, -0.15) is 0 Å². The Kier molecular flexibility index (Phi) is 4.04. The highest BCUT2D eigenvalue weighted by Gasteiger charge is 2.42. The third-order valence-electron chi connectivity index (χ3n) is 3.19. The second-order valence-corrected chi connectivity index (χ2v) is 8.40. The van der Waals surface area contributed by atoms with Crippen LogP contribution in [0.25, 0.3) is 0 Å². The summed E-state index contributed by atoms with van der Waals surface area (Å²) in [6.07, 6.45) is 0. The molecule has 7 heteroatoms. The maximum absolute atomic E-state index is 12.2. The number of carbonyl (C=O) groups excluding carboxylic acids is 2. The van der Waals surface area contributed by atoms with Gasteiger partial charge < -0.3 is 5.32 Å². The number of rotatable bonds is 2. The van der Waals surface area contributed by atoms with Crippen molar-refractivity contribution in [1.29, 1.82) is 0 Å². The summed E-state index contributed by atoms with van der Waals surface area (Å²) >= 11 is 0. The molecule has 22 heavy (non-hydrogen) atoms. The first-order chi connectivity index (χ1) is 10.0. The lowest BCUT2D eigenvalue weighted by Crippen LogP contribution is -2.40. The normalized spacial score (nSPS) is 21.0. The molecule has 6 nitrogen and oxygen atoms in total. The molecule has 0 unspecified atom stereocenters. The molecule has 1 aliphatic rings. The van der Waals surface area contributed by atoms with Crippen molar-refractivity contribution in [3.05, 3.63) is 29.8 Å². The van der Waals surface area contributed by atoms with E-state index in [-0.39, 0.29) is 17.3 Å². The molecule has 1 N–H and O–H groups in total. The quantitative estimate of drug-likeness (QED) is 0.894. The van der Waals surface area contributed by atoms with E-state index in [2.05, 4.69) is 5.32 Å². The van der Waals surface area contributed by atoms with Crippen molar-refractivity contribution in [3.63, 3.8) is 0 Å². The third-order valence-corrected chi connectivity index (χ3v) is 5.06. The second kappa shape index (κ2) is 5.39. The molecule has 1 aromatic carbocycles. The predicted octanol–water partition coefficient (Wildman–Crippen LogP) is 1.53. The summed E-state index contributed by atoms with van der Waals surface area (Å²) in [6.45, 7) is 7.14. The van der Waals surface area contributed by atoms with Crippen LogP contribution in [-0.4, -0.2) is 31.5 Å². The maximum Gasteiger partial charge on any atom is 0.251 e. The highest BCUT2D eigenvalue weighted by molar-refractivity contribution is 7.94. The van der Waals surface area contributed by atoms with Crippen LogP contribution in [0.4, 0.5) is 5.69 Å². The Bertz CT molecular complexity index is 719. The SMILES string of the molecule is C[C@@H]1CS(=O)(=O)N(c2cccc(C(=O)NC(C)(C)C)c2)C1=O. The molecule has 0 spiro atoms. The summed E-state index contributed by atoms with van der Waals surface area (Å²) < 4.78 is 25.0. The predicted molar refractivity (Wildman–Crippen MR) is 84.1 cm³/mol. The molecule has 0 radical (unpaired) electrons. The molecular weight excluding hydrogens is 304 g/mol. The topological polar surface area (TPSA) is 83.6 Å². The van der Waals surface area contributed by atoms with E-state index in [0.717, 1.165) is 4.31 Å². The Morgan fingerprint density at radius 2 is 1.95 bits per heavy atom. The highest BCUT2D eigenvalue weighted by atomic mass is 32.2. The fraction of sp³-hybridized carbons (Fsp3) is 0.467. The monoisotopic (exact) mass is 324 g/mol. The Balaban J connectivity index is 2.37. The third kappa shape index (κ3) is 3.30. The van der Waals surface area contributed by atoms with Crippen molar-refractivity contribution in [2.75, 3.05) is 10.1 Å². The largest absolute Gasteiger partial charge is 0.347 e. The van der Waals surface area contributed by atoms with Crippen molar-refractivity contribution in [2.45, 2.75) is 33.2 Å². The van der Waals surface area contributed by atoms with E-state index in [9.17, 15) is 18.0 Å². The standard InChI is InChI=1S/C15H20N2O4S/c1-10-9-22(20,21)17(14(10)19)12-7-5-6-11(8-12)13(18)16-15(2,3)4/h5-8,10H,9H2,1-4H3,(H,16,18)/t10-/m1/s1. The number of hydrogen-bond donors (Lipinski definition) is 1. The Morgan fingerprint density at radius 1 is 1.32 bits per heavy atom. The lowest BCUT2D eigenvalue weighted by atomic mass is 10.1. The molecule has 1 aliphatic heterocycles. The number of nitrogens with zero attached hydrogens (tertiary/aromatic N) is 1. The van der Waals surface area contributed by atoms with E-state index >= 15 is 0 Å². The van der Waals surface area contributed by atoms with Crippen molar-refractivity contribution >= 4 is 27.5 Å². The summed E-state index contributed by atoms with van der Waals surface area (Å²) in [5.41, 5.74) is 0.114. The van der Waals surface area contributed by atoms with Gasteiger partial charge in [-0.25, -0.2) is 12.7 Å². The molecule has 0 saturated carbocycles.